The van der Waals surface area contributed by atoms with Gasteiger partial charge in [0.15, 0.2) is 0 Å². The molecule has 0 unspecified atom stereocenters. The van der Waals surface area contributed by atoms with E-state index in [1.54, 1.807) is 26.0 Å². The molecule has 14 heavy (non-hydrogen) atoms. The molecule has 0 aliphatic carbocycles. The lowest BCUT2D eigenvalue weighted by atomic mass is 10.0. The predicted octanol–water partition coefficient (Wildman–Crippen LogP) is 2.41. The fourth-order valence-electron chi connectivity index (χ4n) is 1.13. The lowest BCUT2D eigenvalue weighted by molar-refractivity contribution is 0.338. The first-order valence-corrected chi connectivity index (χ1v) is 5.99. The average molecular weight is 214 g/mol. The van der Waals surface area contributed by atoms with Crippen LogP contribution in [0.5, 0.6) is 0 Å². The summed E-state index contributed by atoms with van der Waals surface area (Å²) in [4.78, 5) is 18.4. The number of benzene rings is 1. The molecule has 3 nitrogen and oxygen atoms in total. The minimum atomic E-state index is -4.11. The predicted molar refractivity (Wildman–Crippen MR) is 56.2 cm³/mol. The summed E-state index contributed by atoms with van der Waals surface area (Å²) in [5.74, 6) is 0. The molecule has 0 atom stereocenters. The molecular weight excluding hydrogens is 199 g/mol. The van der Waals surface area contributed by atoms with Crippen molar-refractivity contribution in [3.63, 3.8) is 0 Å². The van der Waals surface area contributed by atoms with Gasteiger partial charge in [-0.3, -0.25) is 4.57 Å². The van der Waals surface area contributed by atoms with Crippen LogP contribution in [0.4, 0.5) is 0 Å². The summed E-state index contributed by atoms with van der Waals surface area (Å²) in [6.45, 7) is 5.05. The molecule has 2 N–H and O–H groups in total. The van der Waals surface area contributed by atoms with E-state index in [1.807, 2.05) is 19.1 Å². The zero-order chi connectivity index (χ0) is 11.0. The maximum absolute atomic E-state index is 11.2. The van der Waals surface area contributed by atoms with Crippen molar-refractivity contribution in [1.82, 2.24) is 0 Å². The Bertz CT molecular complexity index is 361. The minimum absolute atomic E-state index is 0.663. The van der Waals surface area contributed by atoms with Crippen molar-refractivity contribution >= 4 is 7.60 Å². The highest BCUT2D eigenvalue weighted by molar-refractivity contribution is 7.53. The molecule has 0 fully saturated rings. The Labute approximate surface area is 83.9 Å². The molecule has 0 aliphatic rings. The molecule has 0 saturated carbocycles. The van der Waals surface area contributed by atoms with Gasteiger partial charge in [-0.1, -0.05) is 29.8 Å². The summed E-state index contributed by atoms with van der Waals surface area (Å²) in [6.07, 6.45) is 0. The summed E-state index contributed by atoms with van der Waals surface area (Å²) in [7, 11) is -4.11. The molecule has 0 heterocycles. The van der Waals surface area contributed by atoms with Gasteiger partial charge in [0.2, 0.25) is 0 Å². The van der Waals surface area contributed by atoms with Crippen LogP contribution >= 0.6 is 7.60 Å². The maximum Gasteiger partial charge on any atom is 0.335 e. The van der Waals surface area contributed by atoms with Crippen molar-refractivity contribution in [3.8, 4) is 0 Å². The second-order valence-corrected chi connectivity index (χ2v) is 6.18. The quantitative estimate of drug-likeness (QED) is 0.743. The van der Waals surface area contributed by atoms with Crippen LogP contribution in [0.15, 0.2) is 24.3 Å². The molecule has 0 radical (unpaired) electrons. The summed E-state index contributed by atoms with van der Waals surface area (Å²) in [5, 5.41) is -1.11. The third-order valence-electron chi connectivity index (χ3n) is 2.49. The molecule has 0 bridgehead atoms. The molecule has 0 spiro atoms. The number of hydrogen-bond acceptors (Lipinski definition) is 1. The van der Waals surface area contributed by atoms with Gasteiger partial charge in [-0.15, -0.1) is 0 Å². The molecule has 0 aromatic heterocycles. The lowest BCUT2D eigenvalue weighted by Gasteiger charge is -2.26. The van der Waals surface area contributed by atoms with Gasteiger partial charge in [0, 0.05) is 0 Å². The first kappa shape index (κ1) is 11.4. The Morgan fingerprint density at radius 1 is 1.14 bits per heavy atom. The average Bonchev–Trinajstić information content (AvgIpc) is 2.03. The Kier molecular flexibility index (Phi) is 2.86. The summed E-state index contributed by atoms with van der Waals surface area (Å²) >= 11 is 0. The normalized spacial score (nSPS) is 12.9. The monoisotopic (exact) mass is 214 g/mol. The first-order chi connectivity index (χ1) is 6.25. The molecule has 1 rings (SSSR count). The van der Waals surface area contributed by atoms with Crippen LogP contribution in [0.3, 0.4) is 0 Å². The number of hydrogen-bond donors (Lipinski definition) is 2. The van der Waals surface area contributed by atoms with Crippen molar-refractivity contribution < 1.29 is 14.4 Å². The molecule has 78 valence electrons. The molecular formula is C10H15O3P. The van der Waals surface area contributed by atoms with Crippen LogP contribution in [0.25, 0.3) is 0 Å². The van der Waals surface area contributed by atoms with E-state index in [4.69, 9.17) is 0 Å². The lowest BCUT2D eigenvalue weighted by Crippen LogP contribution is -2.17. The number of rotatable bonds is 2. The summed E-state index contributed by atoms with van der Waals surface area (Å²) < 4.78 is 11.2. The van der Waals surface area contributed by atoms with Gasteiger partial charge in [0.25, 0.3) is 0 Å². The SMILES string of the molecule is Cc1ccc(C(C)(C)P(=O)(O)O)cc1. The standard InChI is InChI=1S/C10H15O3P/c1-8-4-6-9(7-5-8)10(2,3)14(11,12)13/h4-7H,1-3H3,(H2,11,12,13). The summed E-state index contributed by atoms with van der Waals surface area (Å²) in [5.41, 5.74) is 1.74. The van der Waals surface area contributed by atoms with E-state index in [2.05, 4.69) is 0 Å². The van der Waals surface area contributed by atoms with Gasteiger partial charge in [0.1, 0.15) is 0 Å². The van der Waals surface area contributed by atoms with Gasteiger partial charge in [-0.05, 0) is 26.3 Å². The van der Waals surface area contributed by atoms with Crippen molar-refractivity contribution in [3.05, 3.63) is 35.4 Å². The van der Waals surface area contributed by atoms with E-state index >= 15 is 0 Å². The molecule has 0 amide bonds. The number of aryl methyl sites for hydroxylation is 1. The minimum Gasteiger partial charge on any atom is -0.324 e. The highest BCUT2D eigenvalue weighted by atomic mass is 31.2. The highest BCUT2D eigenvalue weighted by Crippen LogP contribution is 2.56. The van der Waals surface area contributed by atoms with Crippen molar-refractivity contribution in [2.24, 2.45) is 0 Å². The smallest absolute Gasteiger partial charge is 0.324 e. The maximum atomic E-state index is 11.2. The van der Waals surface area contributed by atoms with Crippen molar-refractivity contribution in [1.29, 1.82) is 0 Å². The summed E-state index contributed by atoms with van der Waals surface area (Å²) in [6, 6.07) is 7.22. The third kappa shape index (κ3) is 2.06. The second-order valence-electron chi connectivity index (χ2n) is 3.97. The van der Waals surface area contributed by atoms with Crippen LogP contribution in [0, 0.1) is 6.92 Å². The third-order valence-corrected chi connectivity index (χ3v) is 4.20. The van der Waals surface area contributed by atoms with Crippen LogP contribution in [-0.4, -0.2) is 9.79 Å². The Morgan fingerprint density at radius 3 is 1.93 bits per heavy atom. The largest absolute Gasteiger partial charge is 0.335 e. The van der Waals surface area contributed by atoms with Gasteiger partial charge >= 0.3 is 7.60 Å². The van der Waals surface area contributed by atoms with Crippen LogP contribution in [-0.2, 0) is 9.72 Å². The fraction of sp³-hybridized carbons (Fsp3) is 0.400. The first-order valence-electron chi connectivity index (χ1n) is 4.38. The van der Waals surface area contributed by atoms with Gasteiger partial charge in [0.05, 0.1) is 5.16 Å². The van der Waals surface area contributed by atoms with E-state index < -0.39 is 12.8 Å². The van der Waals surface area contributed by atoms with E-state index in [-0.39, 0.29) is 0 Å². The van der Waals surface area contributed by atoms with Crippen molar-refractivity contribution in [2.45, 2.75) is 25.9 Å². The molecule has 4 heteroatoms. The van der Waals surface area contributed by atoms with E-state index in [0.717, 1.165) is 5.56 Å². The molecule has 1 aromatic rings. The van der Waals surface area contributed by atoms with Crippen LogP contribution < -0.4 is 0 Å². The highest BCUT2D eigenvalue weighted by Gasteiger charge is 2.39. The van der Waals surface area contributed by atoms with Crippen LogP contribution in [0.2, 0.25) is 0 Å². The Balaban J connectivity index is 3.17. The topological polar surface area (TPSA) is 57.5 Å². The van der Waals surface area contributed by atoms with Crippen molar-refractivity contribution in [2.75, 3.05) is 0 Å². The van der Waals surface area contributed by atoms with E-state index in [0.29, 0.717) is 5.56 Å². The van der Waals surface area contributed by atoms with E-state index in [9.17, 15) is 14.4 Å². The van der Waals surface area contributed by atoms with Gasteiger partial charge in [-0.25, -0.2) is 0 Å². The van der Waals surface area contributed by atoms with Crippen LogP contribution in [0.1, 0.15) is 25.0 Å². The Morgan fingerprint density at radius 2 is 1.57 bits per heavy atom. The van der Waals surface area contributed by atoms with E-state index in [1.165, 1.54) is 0 Å². The van der Waals surface area contributed by atoms with Gasteiger partial charge in [-0.2, -0.15) is 0 Å². The fourth-order valence-corrected chi connectivity index (χ4v) is 1.62. The molecule has 0 saturated heterocycles. The second kappa shape index (κ2) is 3.50. The molecule has 1 aromatic carbocycles. The molecule has 0 aliphatic heterocycles. The zero-order valence-corrected chi connectivity index (χ0v) is 9.45. The Hall–Kier alpha value is -0.630. The zero-order valence-electron chi connectivity index (χ0n) is 8.56. The van der Waals surface area contributed by atoms with Gasteiger partial charge < -0.3 is 9.79 Å².